The first kappa shape index (κ1) is 12.6. The second kappa shape index (κ2) is 4.92. The Balaban J connectivity index is 1.94. The highest BCUT2D eigenvalue weighted by Crippen LogP contribution is 2.32. The zero-order valence-electron chi connectivity index (χ0n) is 11.5. The molecule has 5 nitrogen and oxygen atoms in total. The van der Waals surface area contributed by atoms with E-state index in [-0.39, 0.29) is 11.9 Å². The second-order valence-corrected chi connectivity index (χ2v) is 4.94. The van der Waals surface area contributed by atoms with Gasteiger partial charge < -0.3 is 0 Å². The van der Waals surface area contributed by atoms with Crippen molar-refractivity contribution in [3.63, 3.8) is 0 Å². The number of benzene rings is 1. The maximum Gasteiger partial charge on any atom is 0.240 e. The van der Waals surface area contributed by atoms with Gasteiger partial charge in [-0.3, -0.25) is 9.48 Å². The summed E-state index contributed by atoms with van der Waals surface area (Å²) in [5, 5.41) is 10.2. The van der Waals surface area contributed by atoms with E-state index in [4.69, 9.17) is 0 Å². The number of carbonyl (C=O) groups excluding carboxylic acids is 1. The van der Waals surface area contributed by atoms with Crippen molar-refractivity contribution in [2.45, 2.75) is 19.4 Å². The van der Waals surface area contributed by atoms with E-state index in [0.717, 1.165) is 23.3 Å². The average molecular weight is 268 g/mol. The molecule has 0 spiro atoms. The number of hydrogen-bond donors (Lipinski definition) is 0. The van der Waals surface area contributed by atoms with Gasteiger partial charge in [0.25, 0.3) is 0 Å². The summed E-state index contributed by atoms with van der Waals surface area (Å²) in [6, 6.07) is 9.91. The molecule has 0 saturated heterocycles. The first-order chi connectivity index (χ1) is 9.65. The standard InChI is InChI=1S/C15H16N4O/c1-11(20)19-15(13-9-16-18(2)10-13)8-14(17-19)12-6-4-3-5-7-12/h3-7,9-10,15H,8H2,1-2H3/t15-/m1/s1. The van der Waals surface area contributed by atoms with Crippen molar-refractivity contribution >= 4 is 11.6 Å². The molecule has 1 aromatic heterocycles. The molecule has 0 bridgehead atoms. The van der Waals surface area contributed by atoms with E-state index in [9.17, 15) is 4.79 Å². The number of hydrazone groups is 1. The highest BCUT2D eigenvalue weighted by atomic mass is 16.2. The Hall–Kier alpha value is -2.43. The summed E-state index contributed by atoms with van der Waals surface area (Å²) in [6.45, 7) is 1.54. The van der Waals surface area contributed by atoms with Crippen LogP contribution in [0.3, 0.4) is 0 Å². The van der Waals surface area contributed by atoms with E-state index in [2.05, 4.69) is 10.2 Å². The lowest BCUT2D eigenvalue weighted by Gasteiger charge is -2.18. The summed E-state index contributed by atoms with van der Waals surface area (Å²) in [7, 11) is 1.87. The molecule has 0 radical (unpaired) electrons. The summed E-state index contributed by atoms with van der Waals surface area (Å²) < 4.78 is 1.74. The molecule has 0 unspecified atom stereocenters. The van der Waals surface area contributed by atoms with E-state index >= 15 is 0 Å². The summed E-state index contributed by atoms with van der Waals surface area (Å²) in [4.78, 5) is 11.8. The minimum atomic E-state index is -0.0589. The minimum absolute atomic E-state index is 0.0511. The van der Waals surface area contributed by atoms with Crippen LogP contribution in [0.25, 0.3) is 0 Å². The van der Waals surface area contributed by atoms with Crippen LogP contribution in [0.2, 0.25) is 0 Å². The third-order valence-electron chi connectivity index (χ3n) is 3.45. The lowest BCUT2D eigenvalue weighted by atomic mass is 10.0. The number of aromatic nitrogens is 2. The quantitative estimate of drug-likeness (QED) is 0.837. The van der Waals surface area contributed by atoms with E-state index in [0.29, 0.717) is 0 Å². The topological polar surface area (TPSA) is 50.5 Å². The Morgan fingerprint density at radius 3 is 2.65 bits per heavy atom. The molecule has 3 rings (SSSR count). The molecule has 0 saturated carbocycles. The molecule has 1 aliphatic rings. The van der Waals surface area contributed by atoms with Crippen molar-refractivity contribution in [3.05, 3.63) is 53.9 Å². The molecule has 1 aromatic carbocycles. The summed E-state index contributed by atoms with van der Waals surface area (Å²) >= 11 is 0. The zero-order chi connectivity index (χ0) is 14.1. The van der Waals surface area contributed by atoms with Gasteiger partial charge in [0, 0.05) is 32.2 Å². The first-order valence-corrected chi connectivity index (χ1v) is 6.56. The largest absolute Gasteiger partial charge is 0.275 e. The highest BCUT2D eigenvalue weighted by molar-refractivity contribution is 6.03. The third-order valence-corrected chi connectivity index (χ3v) is 3.45. The van der Waals surface area contributed by atoms with E-state index in [1.54, 1.807) is 22.8 Å². The van der Waals surface area contributed by atoms with Crippen molar-refractivity contribution in [2.75, 3.05) is 0 Å². The van der Waals surface area contributed by atoms with E-state index in [1.807, 2.05) is 43.6 Å². The normalized spacial score (nSPS) is 18.2. The van der Waals surface area contributed by atoms with Crippen molar-refractivity contribution in [1.29, 1.82) is 0 Å². The zero-order valence-corrected chi connectivity index (χ0v) is 11.5. The number of nitrogens with zero attached hydrogens (tertiary/aromatic N) is 4. The van der Waals surface area contributed by atoms with Gasteiger partial charge in [-0.25, -0.2) is 5.01 Å². The molecule has 1 aliphatic heterocycles. The summed E-state index contributed by atoms with van der Waals surface area (Å²) in [5.74, 6) is -0.0511. The Morgan fingerprint density at radius 2 is 2.05 bits per heavy atom. The Labute approximate surface area is 117 Å². The highest BCUT2D eigenvalue weighted by Gasteiger charge is 2.31. The molecule has 20 heavy (non-hydrogen) atoms. The van der Waals surface area contributed by atoms with Gasteiger partial charge in [-0.15, -0.1) is 0 Å². The smallest absolute Gasteiger partial charge is 0.240 e. The number of hydrogen-bond acceptors (Lipinski definition) is 3. The second-order valence-electron chi connectivity index (χ2n) is 4.94. The van der Waals surface area contributed by atoms with Crippen LogP contribution in [-0.4, -0.2) is 26.4 Å². The van der Waals surface area contributed by atoms with E-state index < -0.39 is 0 Å². The summed E-state index contributed by atoms with van der Waals surface area (Å²) in [5.41, 5.74) is 3.01. The maximum atomic E-state index is 11.8. The van der Waals surface area contributed by atoms with E-state index in [1.165, 1.54) is 0 Å². The van der Waals surface area contributed by atoms with Crippen molar-refractivity contribution in [1.82, 2.24) is 14.8 Å². The predicted molar refractivity (Wildman–Crippen MR) is 76.1 cm³/mol. The van der Waals surface area contributed by atoms with Gasteiger partial charge in [0.1, 0.15) is 0 Å². The van der Waals surface area contributed by atoms with Gasteiger partial charge in [0.2, 0.25) is 5.91 Å². The minimum Gasteiger partial charge on any atom is -0.275 e. The van der Waals surface area contributed by atoms with Gasteiger partial charge in [-0.1, -0.05) is 30.3 Å². The van der Waals surface area contributed by atoms with Crippen LogP contribution in [0, 0.1) is 0 Å². The van der Waals surface area contributed by atoms with Crippen molar-refractivity contribution < 1.29 is 4.79 Å². The Kier molecular flexibility index (Phi) is 3.10. The number of aryl methyl sites for hydroxylation is 1. The van der Waals surface area contributed by atoms with Gasteiger partial charge >= 0.3 is 0 Å². The van der Waals surface area contributed by atoms with Crippen LogP contribution in [0.4, 0.5) is 0 Å². The Bertz CT molecular complexity index is 660. The number of carbonyl (C=O) groups is 1. The van der Waals surface area contributed by atoms with Crippen LogP contribution >= 0.6 is 0 Å². The monoisotopic (exact) mass is 268 g/mol. The fraction of sp³-hybridized carbons (Fsp3) is 0.267. The molecule has 5 heteroatoms. The lowest BCUT2D eigenvalue weighted by Crippen LogP contribution is -2.24. The average Bonchev–Trinajstić information content (AvgIpc) is 3.05. The van der Waals surface area contributed by atoms with Crippen LogP contribution in [0.15, 0.2) is 47.8 Å². The summed E-state index contributed by atoms with van der Waals surface area (Å²) in [6.07, 6.45) is 4.45. The SMILES string of the molecule is CC(=O)N1N=C(c2ccccc2)C[C@@H]1c1cnn(C)c1. The third kappa shape index (κ3) is 2.22. The van der Waals surface area contributed by atoms with Gasteiger partial charge in [0.05, 0.1) is 18.0 Å². The van der Waals surface area contributed by atoms with Crippen molar-refractivity contribution in [2.24, 2.45) is 12.1 Å². The molecule has 0 N–H and O–H groups in total. The fourth-order valence-electron chi connectivity index (χ4n) is 2.48. The first-order valence-electron chi connectivity index (χ1n) is 6.56. The molecule has 2 aromatic rings. The lowest BCUT2D eigenvalue weighted by molar-refractivity contribution is -0.130. The molecule has 1 atom stereocenters. The molecule has 102 valence electrons. The van der Waals surface area contributed by atoms with Crippen LogP contribution in [0.1, 0.15) is 30.5 Å². The van der Waals surface area contributed by atoms with Crippen LogP contribution in [-0.2, 0) is 11.8 Å². The molecule has 1 amide bonds. The number of rotatable bonds is 2. The maximum absolute atomic E-state index is 11.8. The molecule has 0 fully saturated rings. The van der Waals surface area contributed by atoms with Crippen LogP contribution < -0.4 is 0 Å². The fourth-order valence-corrected chi connectivity index (χ4v) is 2.48. The predicted octanol–water partition coefficient (Wildman–Crippen LogP) is 2.12. The molecular weight excluding hydrogens is 252 g/mol. The van der Waals surface area contributed by atoms with Crippen LogP contribution in [0.5, 0.6) is 0 Å². The van der Waals surface area contributed by atoms with Crippen molar-refractivity contribution in [3.8, 4) is 0 Å². The molecule has 0 aliphatic carbocycles. The van der Waals surface area contributed by atoms with Gasteiger partial charge in [0.15, 0.2) is 0 Å². The molecular formula is C15H16N4O. The molecule has 2 heterocycles. The number of amides is 1. The van der Waals surface area contributed by atoms with Gasteiger partial charge in [-0.2, -0.15) is 10.2 Å². The Morgan fingerprint density at radius 1 is 1.30 bits per heavy atom. The van der Waals surface area contributed by atoms with Gasteiger partial charge in [-0.05, 0) is 5.56 Å².